The van der Waals surface area contributed by atoms with Gasteiger partial charge in [0.15, 0.2) is 0 Å². The van der Waals surface area contributed by atoms with Crippen LogP contribution in [0.3, 0.4) is 0 Å². The second-order valence-electron chi connectivity index (χ2n) is 4.83. The molecule has 112 valence electrons. The predicted octanol–water partition coefficient (Wildman–Crippen LogP) is 4.12. The van der Waals surface area contributed by atoms with Crippen LogP contribution in [0.2, 0.25) is 0 Å². The zero-order valence-corrected chi connectivity index (χ0v) is 12.0. The van der Waals surface area contributed by atoms with Gasteiger partial charge in [0.1, 0.15) is 5.52 Å². The Hall–Kier alpha value is -3.59. The molecule has 0 aliphatic carbocycles. The highest BCUT2D eigenvalue weighted by atomic mass is 16.6. The van der Waals surface area contributed by atoms with Gasteiger partial charge < -0.3 is 9.97 Å². The molecule has 0 bridgehead atoms. The molecule has 23 heavy (non-hydrogen) atoms. The van der Waals surface area contributed by atoms with Crippen molar-refractivity contribution in [1.29, 1.82) is 5.26 Å². The van der Waals surface area contributed by atoms with Crippen molar-refractivity contribution in [2.24, 2.45) is 0 Å². The van der Waals surface area contributed by atoms with Gasteiger partial charge >= 0.3 is 0 Å². The van der Waals surface area contributed by atoms with E-state index in [-0.39, 0.29) is 5.69 Å². The number of nitrogens with zero attached hydrogens (tertiary/aromatic N) is 2. The Bertz CT molecular complexity index is 1020. The summed E-state index contributed by atoms with van der Waals surface area (Å²) in [6, 6.07) is 16.5. The van der Waals surface area contributed by atoms with Crippen molar-refractivity contribution in [2.45, 2.75) is 0 Å². The minimum Gasteiger partial charge on any atom is -0.361 e. The fourth-order valence-corrected chi connectivity index (χ4v) is 2.40. The summed E-state index contributed by atoms with van der Waals surface area (Å²) in [5, 5.41) is 21.0. The number of hydrogen-bond donors (Lipinski definition) is 2. The largest absolute Gasteiger partial charge is 0.361 e. The summed E-state index contributed by atoms with van der Waals surface area (Å²) < 4.78 is 0. The molecule has 0 aliphatic rings. The van der Waals surface area contributed by atoms with E-state index in [1.807, 2.05) is 42.6 Å². The van der Waals surface area contributed by atoms with Crippen molar-refractivity contribution in [3.8, 4) is 6.07 Å². The molecule has 0 fully saturated rings. The van der Waals surface area contributed by atoms with Gasteiger partial charge in [-0.05, 0) is 24.3 Å². The topological polar surface area (TPSA) is 98.5 Å². The first-order chi connectivity index (χ1) is 11.2. The maximum Gasteiger partial charge on any atom is 0.293 e. The Labute approximate surface area is 131 Å². The quantitative estimate of drug-likeness (QED) is 0.409. The fraction of sp³-hybridized carbons (Fsp3) is 0. The third-order valence-corrected chi connectivity index (χ3v) is 3.48. The molecule has 0 saturated heterocycles. The van der Waals surface area contributed by atoms with Gasteiger partial charge in [-0.3, -0.25) is 10.1 Å². The molecule has 0 saturated carbocycles. The molecule has 0 aliphatic heterocycles. The van der Waals surface area contributed by atoms with Crippen molar-refractivity contribution in [2.75, 3.05) is 0 Å². The van der Waals surface area contributed by atoms with E-state index in [4.69, 9.17) is 5.26 Å². The molecule has 0 amide bonds. The van der Waals surface area contributed by atoms with Crippen LogP contribution in [-0.4, -0.2) is 14.9 Å². The first-order valence-corrected chi connectivity index (χ1v) is 6.87. The third-order valence-electron chi connectivity index (χ3n) is 3.48. The highest BCUT2D eigenvalue weighted by Gasteiger charge is 2.10. The number of nitro benzene ring substituents is 1. The number of aromatic nitrogens is 2. The van der Waals surface area contributed by atoms with E-state index in [9.17, 15) is 10.1 Å². The third kappa shape index (κ3) is 2.76. The molecule has 2 aromatic heterocycles. The summed E-state index contributed by atoms with van der Waals surface area (Å²) in [7, 11) is 0. The van der Waals surface area contributed by atoms with Gasteiger partial charge in [-0.25, -0.2) is 0 Å². The second kappa shape index (κ2) is 6.03. The lowest BCUT2D eigenvalue weighted by molar-refractivity contribution is -0.383. The van der Waals surface area contributed by atoms with Gasteiger partial charge in [0.25, 0.3) is 5.69 Å². The number of nitriles is 1. The maximum atomic E-state index is 10.5. The second-order valence-corrected chi connectivity index (χ2v) is 4.83. The van der Waals surface area contributed by atoms with Crippen molar-refractivity contribution in [3.63, 3.8) is 0 Å². The number of benzene rings is 2. The minimum absolute atomic E-state index is 0.123. The molecule has 0 atom stereocenters. The van der Waals surface area contributed by atoms with Crippen LogP contribution in [0.4, 0.5) is 5.69 Å². The molecule has 2 heterocycles. The molecule has 6 heteroatoms. The number of para-hydroxylation sites is 1. The molecular formula is C17H12N4O2. The zero-order chi connectivity index (χ0) is 16.2. The number of fused-ring (bicyclic) bond motifs is 2. The lowest BCUT2D eigenvalue weighted by Gasteiger charge is -1.91. The van der Waals surface area contributed by atoms with E-state index in [2.05, 4.69) is 16.0 Å². The Balaban J connectivity index is 0.000000136. The molecule has 4 rings (SSSR count). The number of hydrogen-bond acceptors (Lipinski definition) is 3. The Morgan fingerprint density at radius 3 is 2.57 bits per heavy atom. The summed E-state index contributed by atoms with van der Waals surface area (Å²) in [6.07, 6.45) is 3.53. The van der Waals surface area contributed by atoms with Crippen LogP contribution in [0.1, 0.15) is 5.56 Å². The van der Waals surface area contributed by atoms with Crippen LogP contribution < -0.4 is 0 Å². The van der Waals surface area contributed by atoms with Crippen LogP contribution >= 0.6 is 0 Å². The molecule has 0 unspecified atom stereocenters. The maximum absolute atomic E-state index is 10.5. The summed E-state index contributed by atoms with van der Waals surface area (Å²) in [6.45, 7) is 0. The standard InChI is InChI=1S/C9H6N2.C8H6N2O2/c10-6-7-2-1-3-9-8(7)4-5-11-9;11-10(12)7-3-1-2-6-4-5-9-8(6)7/h1-5,11H;1-5,9H. The van der Waals surface area contributed by atoms with Gasteiger partial charge in [-0.1, -0.05) is 18.2 Å². The first kappa shape index (κ1) is 14.4. The van der Waals surface area contributed by atoms with E-state index in [0.717, 1.165) is 21.9 Å². The highest BCUT2D eigenvalue weighted by molar-refractivity contribution is 5.87. The Morgan fingerprint density at radius 1 is 1.00 bits per heavy atom. The summed E-state index contributed by atoms with van der Waals surface area (Å²) in [4.78, 5) is 16.0. The smallest absolute Gasteiger partial charge is 0.293 e. The van der Waals surface area contributed by atoms with Gasteiger partial charge in [-0.2, -0.15) is 5.26 Å². The zero-order valence-electron chi connectivity index (χ0n) is 12.0. The SMILES string of the molecule is N#Cc1cccc2[nH]ccc12.O=[N+]([O-])c1cccc2cc[nH]c12. The molecule has 2 N–H and O–H groups in total. The van der Waals surface area contributed by atoms with Crippen LogP contribution in [0.15, 0.2) is 60.9 Å². The van der Waals surface area contributed by atoms with Crippen LogP contribution in [-0.2, 0) is 0 Å². The Morgan fingerprint density at radius 2 is 1.78 bits per heavy atom. The number of aromatic amines is 2. The molecule has 0 radical (unpaired) electrons. The number of nitrogens with one attached hydrogen (secondary N) is 2. The van der Waals surface area contributed by atoms with Gasteiger partial charge in [-0.15, -0.1) is 0 Å². The average Bonchev–Trinajstić information content (AvgIpc) is 3.23. The molecule has 6 nitrogen and oxygen atoms in total. The van der Waals surface area contributed by atoms with Crippen LogP contribution in [0, 0.1) is 21.4 Å². The van der Waals surface area contributed by atoms with Gasteiger partial charge in [0.05, 0.1) is 16.6 Å². The summed E-state index contributed by atoms with van der Waals surface area (Å²) in [5.74, 6) is 0. The van der Waals surface area contributed by atoms with Gasteiger partial charge in [0, 0.05) is 34.7 Å². The van der Waals surface area contributed by atoms with Crippen molar-refractivity contribution >= 4 is 27.5 Å². The van der Waals surface area contributed by atoms with E-state index in [1.54, 1.807) is 12.3 Å². The van der Waals surface area contributed by atoms with E-state index in [0.29, 0.717) is 5.52 Å². The van der Waals surface area contributed by atoms with Crippen molar-refractivity contribution in [3.05, 3.63) is 76.6 Å². The Kier molecular flexibility index (Phi) is 3.77. The van der Waals surface area contributed by atoms with Crippen molar-refractivity contribution in [1.82, 2.24) is 9.97 Å². The van der Waals surface area contributed by atoms with E-state index < -0.39 is 4.92 Å². The molecule has 2 aromatic carbocycles. The van der Waals surface area contributed by atoms with Gasteiger partial charge in [0.2, 0.25) is 0 Å². The van der Waals surface area contributed by atoms with Crippen LogP contribution in [0.5, 0.6) is 0 Å². The van der Waals surface area contributed by atoms with Crippen LogP contribution in [0.25, 0.3) is 21.8 Å². The molecule has 0 spiro atoms. The summed E-state index contributed by atoms with van der Waals surface area (Å²) in [5.41, 5.74) is 2.45. The number of non-ortho nitro benzene ring substituents is 1. The van der Waals surface area contributed by atoms with Crippen molar-refractivity contribution < 1.29 is 4.92 Å². The highest BCUT2D eigenvalue weighted by Crippen LogP contribution is 2.22. The summed E-state index contributed by atoms with van der Waals surface area (Å²) >= 11 is 0. The lowest BCUT2D eigenvalue weighted by Crippen LogP contribution is -1.88. The molecular weight excluding hydrogens is 292 g/mol. The fourth-order valence-electron chi connectivity index (χ4n) is 2.40. The number of H-pyrrole nitrogens is 2. The normalized spacial score (nSPS) is 10.0. The predicted molar refractivity (Wildman–Crippen MR) is 88.0 cm³/mol. The average molecular weight is 304 g/mol. The monoisotopic (exact) mass is 304 g/mol. The number of rotatable bonds is 1. The first-order valence-electron chi connectivity index (χ1n) is 6.87. The minimum atomic E-state index is -0.390. The van der Waals surface area contributed by atoms with E-state index in [1.165, 1.54) is 6.07 Å². The number of nitro groups is 1. The van der Waals surface area contributed by atoms with E-state index >= 15 is 0 Å². The lowest BCUT2D eigenvalue weighted by atomic mass is 10.1. The molecule has 4 aromatic rings.